The topological polar surface area (TPSA) is 102 Å². The normalized spacial score (nSPS) is 18.7. The number of carbonyl (C=O) groups excluding carboxylic acids is 2. The van der Waals surface area contributed by atoms with Crippen LogP contribution in [0.4, 0.5) is 5.69 Å². The lowest BCUT2D eigenvalue weighted by molar-refractivity contribution is -0.121. The lowest BCUT2D eigenvalue weighted by atomic mass is 9.74. The quantitative estimate of drug-likeness (QED) is 0.639. The van der Waals surface area contributed by atoms with Gasteiger partial charge in [0.2, 0.25) is 21.8 Å². The molecule has 32 heavy (non-hydrogen) atoms. The van der Waals surface area contributed by atoms with Crippen LogP contribution in [-0.4, -0.2) is 47.1 Å². The van der Waals surface area contributed by atoms with Crippen molar-refractivity contribution in [1.29, 1.82) is 0 Å². The van der Waals surface area contributed by atoms with E-state index in [0.29, 0.717) is 26.1 Å². The van der Waals surface area contributed by atoms with Gasteiger partial charge in [0.1, 0.15) is 5.75 Å². The number of carbonyl (C=O) groups is 2. The molecule has 2 saturated heterocycles. The first-order chi connectivity index (χ1) is 15.4. The predicted molar refractivity (Wildman–Crippen MR) is 118 cm³/mol. The molecular weight excluding hydrogens is 432 g/mol. The Morgan fingerprint density at radius 1 is 1.03 bits per heavy atom. The van der Waals surface area contributed by atoms with Gasteiger partial charge in [-0.2, -0.15) is 0 Å². The van der Waals surface area contributed by atoms with Gasteiger partial charge in [0.15, 0.2) is 0 Å². The van der Waals surface area contributed by atoms with Crippen LogP contribution in [0.1, 0.15) is 31.2 Å². The first-order valence-corrected chi connectivity index (χ1v) is 12.0. The Balaban J connectivity index is 1.63. The van der Waals surface area contributed by atoms with Gasteiger partial charge in [-0.15, -0.1) is 0 Å². The molecule has 0 bridgehead atoms. The summed E-state index contributed by atoms with van der Waals surface area (Å²) in [7, 11) is -2.51. The fourth-order valence-electron chi connectivity index (χ4n) is 4.29. The number of ether oxygens (including phenoxy) is 2. The van der Waals surface area contributed by atoms with E-state index in [1.807, 2.05) is 30.3 Å². The summed E-state index contributed by atoms with van der Waals surface area (Å²) in [4.78, 5) is 25.4. The lowest BCUT2D eigenvalue weighted by Gasteiger charge is -2.37. The highest BCUT2D eigenvalue weighted by atomic mass is 32.2. The van der Waals surface area contributed by atoms with Crippen molar-refractivity contribution in [2.75, 3.05) is 31.8 Å². The molecule has 1 N–H and O–H groups in total. The van der Waals surface area contributed by atoms with Gasteiger partial charge in [0, 0.05) is 38.0 Å². The summed E-state index contributed by atoms with van der Waals surface area (Å²) < 4.78 is 40.0. The molecule has 0 atom stereocenters. The first kappa shape index (κ1) is 22.4. The number of rotatable bonds is 7. The molecule has 0 radical (unpaired) electrons. The molecule has 0 aromatic heterocycles. The molecule has 2 aromatic carbocycles. The maximum atomic E-state index is 13.2. The van der Waals surface area contributed by atoms with E-state index in [9.17, 15) is 18.0 Å². The molecule has 2 aliphatic rings. The molecule has 2 amide bonds. The largest absolute Gasteiger partial charge is 0.495 e. The maximum absolute atomic E-state index is 13.2. The van der Waals surface area contributed by atoms with E-state index in [1.165, 1.54) is 25.3 Å². The Bertz CT molecular complexity index is 1090. The fourth-order valence-corrected chi connectivity index (χ4v) is 5.44. The second-order valence-electron chi connectivity index (χ2n) is 8.04. The molecule has 0 unspecified atom stereocenters. The Hall–Kier alpha value is -2.75. The molecule has 8 nitrogen and oxygen atoms in total. The van der Waals surface area contributed by atoms with Crippen LogP contribution in [0.3, 0.4) is 0 Å². The predicted octanol–water partition coefficient (Wildman–Crippen LogP) is 2.38. The summed E-state index contributed by atoms with van der Waals surface area (Å²) in [5.74, 6) is -0.486. The second-order valence-corrected chi connectivity index (χ2v) is 9.81. The Kier molecular flexibility index (Phi) is 6.32. The van der Waals surface area contributed by atoms with Crippen molar-refractivity contribution in [3.8, 4) is 5.75 Å². The highest BCUT2D eigenvalue weighted by Gasteiger charge is 2.37. The maximum Gasteiger partial charge on any atom is 0.240 e. The average Bonchev–Trinajstić information content (AvgIpc) is 3.16. The molecule has 2 heterocycles. The van der Waals surface area contributed by atoms with Crippen LogP contribution in [0.5, 0.6) is 5.75 Å². The zero-order chi connectivity index (χ0) is 22.8. The molecule has 2 aliphatic heterocycles. The van der Waals surface area contributed by atoms with Crippen molar-refractivity contribution < 1.29 is 27.5 Å². The first-order valence-electron chi connectivity index (χ1n) is 10.5. The monoisotopic (exact) mass is 458 g/mol. The molecule has 0 saturated carbocycles. The smallest absolute Gasteiger partial charge is 0.240 e. The van der Waals surface area contributed by atoms with Crippen LogP contribution < -0.4 is 14.4 Å². The zero-order valence-electron chi connectivity index (χ0n) is 17.9. The van der Waals surface area contributed by atoms with E-state index in [-0.39, 0.29) is 52.9 Å². The zero-order valence-corrected chi connectivity index (χ0v) is 18.7. The van der Waals surface area contributed by atoms with Crippen LogP contribution in [0.25, 0.3) is 0 Å². The molecule has 4 rings (SSSR count). The average molecular weight is 459 g/mol. The van der Waals surface area contributed by atoms with Crippen LogP contribution in [0.15, 0.2) is 53.4 Å². The third-order valence-corrected chi connectivity index (χ3v) is 7.59. The molecule has 2 aromatic rings. The molecule has 2 fully saturated rings. The van der Waals surface area contributed by atoms with E-state index in [1.54, 1.807) is 0 Å². The summed E-state index contributed by atoms with van der Waals surface area (Å²) in [6.07, 6.45) is 1.59. The third kappa shape index (κ3) is 4.28. The molecule has 0 aliphatic carbocycles. The number of hydrogen-bond donors (Lipinski definition) is 1. The summed E-state index contributed by atoms with van der Waals surface area (Å²) in [5.41, 5.74) is 0.837. The van der Waals surface area contributed by atoms with E-state index in [2.05, 4.69) is 4.72 Å². The molecule has 0 spiro atoms. The SMILES string of the molecule is COc1ccc(S(=O)(=O)NCC2(c3ccccc3)CCOCC2)cc1N1C(=O)CCC1=O. The number of hydrogen-bond acceptors (Lipinski definition) is 6. The van der Waals surface area contributed by atoms with Crippen LogP contribution in [0.2, 0.25) is 0 Å². The second kappa shape index (κ2) is 9.01. The van der Waals surface area contributed by atoms with Gasteiger partial charge in [0.05, 0.1) is 17.7 Å². The molecular formula is C23H26N2O6S. The summed E-state index contributed by atoms with van der Waals surface area (Å²) in [5, 5.41) is 0. The van der Waals surface area contributed by atoms with E-state index in [0.717, 1.165) is 10.5 Å². The van der Waals surface area contributed by atoms with Crippen LogP contribution in [0, 0.1) is 0 Å². The minimum absolute atomic E-state index is 0.0314. The summed E-state index contributed by atoms with van der Waals surface area (Å²) in [6.45, 7) is 1.33. The Labute approximate surface area is 187 Å². The fraction of sp³-hybridized carbons (Fsp3) is 0.391. The van der Waals surface area contributed by atoms with E-state index < -0.39 is 10.0 Å². The van der Waals surface area contributed by atoms with Gasteiger partial charge in [-0.1, -0.05) is 30.3 Å². The van der Waals surface area contributed by atoms with Crippen molar-refractivity contribution >= 4 is 27.5 Å². The van der Waals surface area contributed by atoms with Gasteiger partial charge in [-0.05, 0) is 36.6 Å². The lowest BCUT2D eigenvalue weighted by Crippen LogP contribution is -2.44. The molecule has 9 heteroatoms. The minimum Gasteiger partial charge on any atom is -0.495 e. The van der Waals surface area contributed by atoms with Crippen molar-refractivity contribution in [3.05, 3.63) is 54.1 Å². The van der Waals surface area contributed by atoms with Gasteiger partial charge >= 0.3 is 0 Å². The minimum atomic E-state index is -3.91. The third-order valence-electron chi connectivity index (χ3n) is 6.19. The van der Waals surface area contributed by atoms with Gasteiger partial charge < -0.3 is 9.47 Å². The Morgan fingerprint density at radius 2 is 1.69 bits per heavy atom. The van der Waals surface area contributed by atoms with Gasteiger partial charge in [-0.25, -0.2) is 18.0 Å². The number of amides is 2. The molecule has 170 valence electrons. The summed E-state index contributed by atoms with van der Waals surface area (Å²) in [6, 6.07) is 14.0. The van der Waals surface area contributed by atoms with Gasteiger partial charge in [0.25, 0.3) is 0 Å². The summed E-state index contributed by atoms with van der Waals surface area (Å²) >= 11 is 0. The standard InChI is InChI=1S/C23H26N2O6S/c1-30-20-8-7-18(15-19(20)25-21(26)9-10-22(25)27)32(28,29)24-16-23(11-13-31-14-12-23)17-5-3-2-4-6-17/h2-8,15,24H,9-14,16H2,1H3. The number of methoxy groups -OCH3 is 1. The van der Waals surface area contributed by atoms with Crippen LogP contribution >= 0.6 is 0 Å². The Morgan fingerprint density at radius 3 is 2.31 bits per heavy atom. The van der Waals surface area contributed by atoms with Crippen molar-refractivity contribution in [1.82, 2.24) is 4.72 Å². The number of imide groups is 1. The van der Waals surface area contributed by atoms with E-state index in [4.69, 9.17) is 9.47 Å². The van der Waals surface area contributed by atoms with Crippen LogP contribution in [-0.2, 0) is 29.8 Å². The number of sulfonamides is 1. The number of nitrogens with one attached hydrogen (secondary N) is 1. The highest BCUT2D eigenvalue weighted by Crippen LogP contribution is 2.36. The van der Waals surface area contributed by atoms with Gasteiger partial charge in [-0.3, -0.25) is 9.59 Å². The van der Waals surface area contributed by atoms with Crippen molar-refractivity contribution in [3.63, 3.8) is 0 Å². The van der Waals surface area contributed by atoms with Crippen molar-refractivity contribution in [2.45, 2.75) is 36.0 Å². The van der Waals surface area contributed by atoms with E-state index >= 15 is 0 Å². The number of benzene rings is 2. The number of anilines is 1. The highest BCUT2D eigenvalue weighted by molar-refractivity contribution is 7.89. The number of nitrogens with zero attached hydrogens (tertiary/aromatic N) is 1. The van der Waals surface area contributed by atoms with Crippen molar-refractivity contribution in [2.24, 2.45) is 0 Å².